The molecule has 1 spiro atoms. The highest BCUT2D eigenvalue weighted by Crippen LogP contribution is 2.30. The van der Waals surface area contributed by atoms with Crippen LogP contribution in [-0.4, -0.2) is 19.0 Å². The van der Waals surface area contributed by atoms with E-state index in [0.717, 1.165) is 32.5 Å². The van der Waals surface area contributed by atoms with Crippen LogP contribution in [-0.2, 0) is 9.47 Å². The van der Waals surface area contributed by atoms with Crippen molar-refractivity contribution in [2.45, 2.75) is 25.0 Å². The van der Waals surface area contributed by atoms with Crippen LogP contribution in [0.4, 0.5) is 0 Å². The van der Waals surface area contributed by atoms with Crippen molar-refractivity contribution >= 4 is 0 Å². The van der Waals surface area contributed by atoms with Gasteiger partial charge in [0.2, 0.25) is 0 Å². The molecule has 2 rings (SSSR count). The fourth-order valence-electron chi connectivity index (χ4n) is 1.49. The molecule has 1 fully saturated rings. The Bertz CT molecular complexity index is 145. The minimum atomic E-state index is -0.307. The first-order valence-corrected chi connectivity index (χ1v) is 3.87. The third kappa shape index (κ3) is 0.976. The minimum Gasteiger partial charge on any atom is -0.346 e. The average Bonchev–Trinajstić information content (AvgIpc) is 2.39. The zero-order chi connectivity index (χ0) is 6.86. The maximum absolute atomic E-state index is 5.52. The van der Waals surface area contributed by atoms with E-state index in [2.05, 4.69) is 12.2 Å². The average molecular weight is 140 g/mol. The molecule has 2 heterocycles. The van der Waals surface area contributed by atoms with Crippen molar-refractivity contribution < 1.29 is 9.47 Å². The third-order valence-corrected chi connectivity index (χ3v) is 2.02. The summed E-state index contributed by atoms with van der Waals surface area (Å²) >= 11 is 0. The number of rotatable bonds is 0. The fraction of sp³-hybridized carbons (Fsp3) is 0.750. The van der Waals surface area contributed by atoms with E-state index in [4.69, 9.17) is 9.47 Å². The van der Waals surface area contributed by atoms with Crippen molar-refractivity contribution in [3.8, 4) is 0 Å². The Morgan fingerprint density at radius 3 is 2.70 bits per heavy atom. The largest absolute Gasteiger partial charge is 0.346 e. The Labute approximate surface area is 60.8 Å². The third-order valence-electron chi connectivity index (χ3n) is 2.02. The zero-order valence-electron chi connectivity index (χ0n) is 6.01. The molecule has 0 aromatic heterocycles. The lowest BCUT2D eigenvalue weighted by Crippen LogP contribution is -2.31. The van der Waals surface area contributed by atoms with Gasteiger partial charge in [-0.15, -0.1) is 0 Å². The SMILES string of the molecule is C1=C[C@]2(CCCO2)OCC1. The minimum absolute atomic E-state index is 0.307. The molecule has 0 N–H and O–H groups in total. The number of ether oxygens (including phenoxy) is 2. The first kappa shape index (κ1) is 6.38. The molecule has 10 heavy (non-hydrogen) atoms. The van der Waals surface area contributed by atoms with Gasteiger partial charge in [0.15, 0.2) is 5.79 Å². The monoisotopic (exact) mass is 140 g/mol. The van der Waals surface area contributed by atoms with Crippen molar-refractivity contribution in [3.05, 3.63) is 12.2 Å². The summed E-state index contributed by atoms with van der Waals surface area (Å²) in [5.41, 5.74) is 0. The van der Waals surface area contributed by atoms with Crippen LogP contribution in [0.5, 0.6) is 0 Å². The maximum atomic E-state index is 5.52. The quantitative estimate of drug-likeness (QED) is 0.474. The topological polar surface area (TPSA) is 18.5 Å². The molecule has 0 amide bonds. The molecule has 0 bridgehead atoms. The first-order valence-electron chi connectivity index (χ1n) is 3.87. The molecule has 0 aromatic carbocycles. The Hall–Kier alpha value is -0.340. The number of hydrogen-bond acceptors (Lipinski definition) is 2. The van der Waals surface area contributed by atoms with Crippen LogP contribution in [0.1, 0.15) is 19.3 Å². The maximum Gasteiger partial charge on any atom is 0.187 e. The second-order valence-electron chi connectivity index (χ2n) is 2.80. The standard InChI is InChI=1S/C8H12O2/c1-2-6-9-8(4-1)5-3-7-10-8/h1,4H,2-3,5-7H2/t8-/m0/s1. The second kappa shape index (κ2) is 2.36. The van der Waals surface area contributed by atoms with Gasteiger partial charge in [-0.25, -0.2) is 0 Å². The fourth-order valence-corrected chi connectivity index (χ4v) is 1.49. The highest BCUT2D eigenvalue weighted by atomic mass is 16.7. The summed E-state index contributed by atoms with van der Waals surface area (Å²) in [7, 11) is 0. The summed E-state index contributed by atoms with van der Waals surface area (Å²) in [5.74, 6) is -0.307. The summed E-state index contributed by atoms with van der Waals surface area (Å²) < 4.78 is 11.0. The predicted molar refractivity (Wildman–Crippen MR) is 37.6 cm³/mol. The van der Waals surface area contributed by atoms with Crippen LogP contribution < -0.4 is 0 Å². The van der Waals surface area contributed by atoms with Crippen LogP contribution in [0, 0.1) is 0 Å². The van der Waals surface area contributed by atoms with Crippen LogP contribution in [0.3, 0.4) is 0 Å². The first-order chi connectivity index (χ1) is 4.91. The van der Waals surface area contributed by atoms with Gasteiger partial charge in [-0.2, -0.15) is 0 Å². The summed E-state index contributed by atoms with van der Waals surface area (Å²) in [5, 5.41) is 0. The van der Waals surface area contributed by atoms with Gasteiger partial charge in [-0.05, 0) is 18.9 Å². The number of hydrogen-bond donors (Lipinski definition) is 0. The summed E-state index contributed by atoms with van der Waals surface area (Å²) in [6.45, 7) is 1.67. The van der Waals surface area contributed by atoms with Gasteiger partial charge in [0.05, 0.1) is 13.2 Å². The van der Waals surface area contributed by atoms with Gasteiger partial charge >= 0.3 is 0 Å². The van der Waals surface area contributed by atoms with Crippen molar-refractivity contribution in [3.63, 3.8) is 0 Å². The molecule has 0 saturated carbocycles. The van der Waals surface area contributed by atoms with Gasteiger partial charge in [-0.1, -0.05) is 6.08 Å². The van der Waals surface area contributed by atoms with Crippen molar-refractivity contribution in [2.75, 3.05) is 13.2 Å². The van der Waals surface area contributed by atoms with Crippen LogP contribution in [0.15, 0.2) is 12.2 Å². The summed E-state index contributed by atoms with van der Waals surface area (Å²) in [6.07, 6.45) is 7.40. The van der Waals surface area contributed by atoms with E-state index in [1.165, 1.54) is 0 Å². The molecule has 1 saturated heterocycles. The summed E-state index contributed by atoms with van der Waals surface area (Å²) in [4.78, 5) is 0. The molecule has 2 nitrogen and oxygen atoms in total. The molecule has 56 valence electrons. The molecule has 1 atom stereocenters. The van der Waals surface area contributed by atoms with Crippen molar-refractivity contribution in [1.82, 2.24) is 0 Å². The van der Waals surface area contributed by atoms with Crippen molar-refractivity contribution in [1.29, 1.82) is 0 Å². The van der Waals surface area contributed by atoms with E-state index in [9.17, 15) is 0 Å². The van der Waals surface area contributed by atoms with E-state index >= 15 is 0 Å². The Kier molecular flexibility index (Phi) is 1.51. The van der Waals surface area contributed by atoms with E-state index in [0.29, 0.717) is 0 Å². The molecule has 0 aromatic rings. The molecular weight excluding hydrogens is 128 g/mol. The van der Waals surface area contributed by atoms with Gasteiger partial charge in [0.1, 0.15) is 0 Å². The predicted octanol–water partition coefficient (Wildman–Crippen LogP) is 1.47. The molecule has 2 aliphatic rings. The smallest absolute Gasteiger partial charge is 0.187 e. The lowest BCUT2D eigenvalue weighted by molar-refractivity contribution is -0.179. The lowest BCUT2D eigenvalue weighted by atomic mass is 10.1. The zero-order valence-corrected chi connectivity index (χ0v) is 6.01. The van der Waals surface area contributed by atoms with E-state index in [-0.39, 0.29) is 5.79 Å². The van der Waals surface area contributed by atoms with Gasteiger partial charge in [-0.3, -0.25) is 0 Å². The van der Waals surface area contributed by atoms with E-state index < -0.39 is 0 Å². The van der Waals surface area contributed by atoms with Crippen LogP contribution in [0.2, 0.25) is 0 Å². The molecule has 0 unspecified atom stereocenters. The van der Waals surface area contributed by atoms with Crippen molar-refractivity contribution in [2.24, 2.45) is 0 Å². The molecule has 2 aliphatic heterocycles. The highest BCUT2D eigenvalue weighted by molar-refractivity contribution is 5.01. The Morgan fingerprint density at radius 2 is 2.10 bits per heavy atom. The second-order valence-corrected chi connectivity index (χ2v) is 2.80. The Morgan fingerprint density at radius 1 is 1.20 bits per heavy atom. The van der Waals surface area contributed by atoms with E-state index in [1.54, 1.807) is 0 Å². The molecule has 2 heteroatoms. The van der Waals surface area contributed by atoms with Crippen LogP contribution in [0.25, 0.3) is 0 Å². The van der Waals surface area contributed by atoms with Crippen LogP contribution >= 0.6 is 0 Å². The Balaban J connectivity index is 2.11. The van der Waals surface area contributed by atoms with Gasteiger partial charge in [0, 0.05) is 6.42 Å². The van der Waals surface area contributed by atoms with Gasteiger partial charge in [0.25, 0.3) is 0 Å². The summed E-state index contributed by atoms with van der Waals surface area (Å²) in [6, 6.07) is 0. The lowest BCUT2D eigenvalue weighted by Gasteiger charge is -2.27. The highest BCUT2D eigenvalue weighted by Gasteiger charge is 2.34. The molecule has 0 radical (unpaired) electrons. The molecular formula is C8H12O2. The van der Waals surface area contributed by atoms with E-state index in [1.807, 2.05) is 0 Å². The normalized spacial score (nSPS) is 39.2. The molecule has 0 aliphatic carbocycles. The van der Waals surface area contributed by atoms with Gasteiger partial charge < -0.3 is 9.47 Å².